The molecule has 0 radical (unpaired) electrons. The van der Waals surface area contributed by atoms with E-state index in [1.165, 1.54) is 24.0 Å². The molecule has 21 heavy (non-hydrogen) atoms. The minimum absolute atomic E-state index is 0.118. The van der Waals surface area contributed by atoms with Crippen LogP contribution in [0.3, 0.4) is 0 Å². The Bertz CT molecular complexity index is 564. The van der Waals surface area contributed by atoms with Crippen molar-refractivity contribution in [1.82, 2.24) is 4.98 Å². The smallest absolute Gasteiger partial charge is 0.303 e. The first-order valence-corrected chi connectivity index (χ1v) is 8.22. The first-order chi connectivity index (χ1) is 9.90. The summed E-state index contributed by atoms with van der Waals surface area (Å²) in [5, 5.41) is 12.1. The number of carboxylic acids is 1. The van der Waals surface area contributed by atoms with E-state index in [1.807, 2.05) is 0 Å². The second kappa shape index (κ2) is 6.85. The van der Waals surface area contributed by atoms with Crippen LogP contribution in [0.1, 0.15) is 19.3 Å². The van der Waals surface area contributed by atoms with Gasteiger partial charge in [0.2, 0.25) is 5.91 Å². The highest BCUT2D eigenvalue weighted by atomic mass is 35.5. The molecule has 1 aliphatic rings. The average Bonchev–Trinajstić information content (AvgIpc) is 3.11. The molecule has 8 heteroatoms. The average molecular weight is 349 g/mol. The first-order valence-electron chi connectivity index (χ1n) is 6.31. The van der Waals surface area contributed by atoms with Crippen LogP contribution in [0.4, 0.5) is 5.82 Å². The van der Waals surface area contributed by atoms with E-state index in [0.717, 1.165) is 12.8 Å². The van der Waals surface area contributed by atoms with E-state index in [1.54, 1.807) is 0 Å². The minimum Gasteiger partial charge on any atom is -0.481 e. The molecule has 0 bridgehead atoms. The van der Waals surface area contributed by atoms with Crippen LogP contribution in [0, 0.1) is 5.41 Å². The number of nitrogens with one attached hydrogen (secondary N) is 1. The fraction of sp³-hybridized carbons (Fsp3) is 0.462. The number of rotatable bonds is 7. The topological polar surface area (TPSA) is 79.3 Å². The summed E-state index contributed by atoms with van der Waals surface area (Å²) in [4.78, 5) is 26.5. The van der Waals surface area contributed by atoms with Crippen molar-refractivity contribution in [3.8, 4) is 0 Å². The van der Waals surface area contributed by atoms with Gasteiger partial charge in [-0.3, -0.25) is 9.59 Å². The molecule has 1 aromatic rings. The number of aromatic nitrogens is 1. The molecule has 0 aliphatic heterocycles. The van der Waals surface area contributed by atoms with Crippen molar-refractivity contribution in [3.05, 3.63) is 22.3 Å². The first kappa shape index (κ1) is 16.4. The Morgan fingerprint density at radius 1 is 1.43 bits per heavy atom. The van der Waals surface area contributed by atoms with E-state index in [9.17, 15) is 9.59 Å². The zero-order valence-electron chi connectivity index (χ0n) is 11.1. The Balaban J connectivity index is 1.76. The van der Waals surface area contributed by atoms with Gasteiger partial charge in [0.25, 0.3) is 0 Å². The van der Waals surface area contributed by atoms with Gasteiger partial charge in [0.15, 0.2) is 5.82 Å². The molecule has 5 nitrogen and oxygen atoms in total. The summed E-state index contributed by atoms with van der Waals surface area (Å²) in [7, 11) is 0. The van der Waals surface area contributed by atoms with Crippen LogP contribution in [0.2, 0.25) is 10.0 Å². The molecule has 2 rings (SSSR count). The number of aliphatic carboxylic acids is 1. The molecule has 1 amide bonds. The van der Waals surface area contributed by atoms with Gasteiger partial charge >= 0.3 is 5.97 Å². The molecule has 1 fully saturated rings. The minimum atomic E-state index is -0.783. The van der Waals surface area contributed by atoms with Crippen LogP contribution in [-0.4, -0.2) is 33.5 Å². The number of carbonyl (C=O) groups is 2. The van der Waals surface area contributed by atoms with Crippen molar-refractivity contribution in [1.29, 1.82) is 0 Å². The van der Waals surface area contributed by atoms with Crippen molar-refractivity contribution in [3.63, 3.8) is 0 Å². The van der Waals surface area contributed by atoms with Crippen LogP contribution in [0.5, 0.6) is 0 Å². The van der Waals surface area contributed by atoms with Gasteiger partial charge in [-0.05, 0) is 30.1 Å². The molecule has 0 atom stereocenters. The molecular formula is C13H14Cl2N2O3S. The predicted octanol–water partition coefficient (Wildman–Crippen LogP) is 3.32. The fourth-order valence-electron chi connectivity index (χ4n) is 1.90. The third-order valence-electron chi connectivity index (χ3n) is 3.19. The van der Waals surface area contributed by atoms with Crippen molar-refractivity contribution in [2.75, 3.05) is 16.8 Å². The Morgan fingerprint density at radius 2 is 2.14 bits per heavy atom. The summed E-state index contributed by atoms with van der Waals surface area (Å²) in [6.45, 7) is 0. The number of pyridine rings is 1. The zero-order chi connectivity index (χ0) is 15.5. The van der Waals surface area contributed by atoms with E-state index >= 15 is 0 Å². The molecule has 1 saturated carbocycles. The number of nitrogens with zero attached hydrogens (tertiary/aromatic N) is 1. The van der Waals surface area contributed by atoms with E-state index in [4.69, 9.17) is 28.3 Å². The molecule has 1 aliphatic carbocycles. The lowest BCUT2D eigenvalue weighted by atomic mass is 10.1. The Labute approximate surface area is 136 Å². The third kappa shape index (κ3) is 5.05. The van der Waals surface area contributed by atoms with Gasteiger partial charge in [0, 0.05) is 6.20 Å². The largest absolute Gasteiger partial charge is 0.481 e. The Kier molecular flexibility index (Phi) is 5.35. The summed E-state index contributed by atoms with van der Waals surface area (Å²) in [6, 6.07) is 1.50. The highest BCUT2D eigenvalue weighted by molar-refractivity contribution is 8.00. The highest BCUT2D eigenvalue weighted by Crippen LogP contribution is 2.50. The number of carbonyl (C=O) groups excluding carboxylic acids is 1. The number of hydrogen-bond acceptors (Lipinski definition) is 4. The summed E-state index contributed by atoms with van der Waals surface area (Å²) in [5.74, 6) is 0.187. The number of hydrogen-bond donors (Lipinski definition) is 2. The summed E-state index contributed by atoms with van der Waals surface area (Å²) < 4.78 is 0. The number of carboxylic acid groups (broad SMARTS) is 1. The van der Waals surface area contributed by atoms with Gasteiger partial charge in [-0.15, -0.1) is 0 Å². The second-order valence-electron chi connectivity index (χ2n) is 5.10. The van der Waals surface area contributed by atoms with Gasteiger partial charge in [-0.2, -0.15) is 11.8 Å². The zero-order valence-corrected chi connectivity index (χ0v) is 13.4. The van der Waals surface area contributed by atoms with E-state index in [-0.39, 0.29) is 34.3 Å². The lowest BCUT2D eigenvalue weighted by Gasteiger charge is -2.11. The number of thioether (sulfide) groups is 1. The third-order valence-corrected chi connectivity index (χ3v) is 4.97. The second-order valence-corrected chi connectivity index (χ2v) is 6.92. The molecule has 0 spiro atoms. The van der Waals surface area contributed by atoms with Gasteiger partial charge < -0.3 is 10.4 Å². The Hall–Kier alpha value is -0.980. The van der Waals surface area contributed by atoms with Crippen LogP contribution >= 0.6 is 35.0 Å². The quantitative estimate of drug-likeness (QED) is 0.790. The summed E-state index contributed by atoms with van der Waals surface area (Å²) >= 11 is 13.1. The SMILES string of the molecule is O=C(O)CC1(CSCC(=O)Nc2ncc(Cl)cc2Cl)CC1. The number of amides is 1. The molecule has 1 heterocycles. The van der Waals surface area contributed by atoms with Crippen molar-refractivity contribution in [2.24, 2.45) is 5.41 Å². The van der Waals surface area contributed by atoms with Crippen molar-refractivity contribution < 1.29 is 14.7 Å². The standard InChI is InChI=1S/C13H14Cl2N2O3S/c14-8-3-9(15)12(16-5-8)17-10(18)6-21-7-13(1-2-13)4-11(19)20/h3,5H,1-2,4,6-7H2,(H,19,20)(H,16,17,18). The molecule has 0 saturated heterocycles. The van der Waals surface area contributed by atoms with Crippen LogP contribution in [0.25, 0.3) is 0 Å². The normalized spacial score (nSPS) is 15.5. The molecule has 0 unspecified atom stereocenters. The predicted molar refractivity (Wildman–Crippen MR) is 84.1 cm³/mol. The van der Waals surface area contributed by atoms with Crippen LogP contribution in [-0.2, 0) is 9.59 Å². The van der Waals surface area contributed by atoms with Crippen molar-refractivity contribution in [2.45, 2.75) is 19.3 Å². The maximum atomic E-state index is 11.8. The molecule has 2 N–H and O–H groups in total. The van der Waals surface area contributed by atoms with E-state index in [2.05, 4.69) is 10.3 Å². The highest BCUT2D eigenvalue weighted by Gasteiger charge is 2.44. The Morgan fingerprint density at radius 3 is 2.71 bits per heavy atom. The van der Waals surface area contributed by atoms with Crippen LogP contribution in [0.15, 0.2) is 12.3 Å². The monoisotopic (exact) mass is 348 g/mol. The lowest BCUT2D eigenvalue weighted by Crippen LogP contribution is -2.17. The van der Waals surface area contributed by atoms with E-state index in [0.29, 0.717) is 10.8 Å². The van der Waals surface area contributed by atoms with Gasteiger partial charge in [0.05, 0.1) is 22.2 Å². The van der Waals surface area contributed by atoms with Gasteiger partial charge in [-0.25, -0.2) is 4.98 Å². The number of anilines is 1. The summed E-state index contributed by atoms with van der Waals surface area (Å²) in [5.41, 5.74) is -0.118. The van der Waals surface area contributed by atoms with Gasteiger partial charge in [-0.1, -0.05) is 23.2 Å². The molecule has 1 aromatic heterocycles. The lowest BCUT2D eigenvalue weighted by molar-refractivity contribution is -0.138. The summed E-state index contributed by atoms with van der Waals surface area (Å²) in [6.07, 6.45) is 3.41. The van der Waals surface area contributed by atoms with Crippen LogP contribution < -0.4 is 5.32 Å². The molecular weight excluding hydrogens is 335 g/mol. The van der Waals surface area contributed by atoms with Gasteiger partial charge in [0.1, 0.15) is 0 Å². The van der Waals surface area contributed by atoms with Crippen molar-refractivity contribution >= 4 is 52.7 Å². The maximum Gasteiger partial charge on any atom is 0.303 e. The number of halogens is 2. The maximum absolute atomic E-state index is 11.8. The van der Waals surface area contributed by atoms with E-state index < -0.39 is 5.97 Å². The molecule has 114 valence electrons. The molecule has 0 aromatic carbocycles. The fourth-order valence-corrected chi connectivity index (χ4v) is 3.52.